The van der Waals surface area contributed by atoms with Crippen molar-refractivity contribution < 1.29 is 9.32 Å². The van der Waals surface area contributed by atoms with Crippen molar-refractivity contribution in [2.24, 2.45) is 0 Å². The fourth-order valence-electron chi connectivity index (χ4n) is 2.42. The van der Waals surface area contributed by atoms with Gasteiger partial charge in [0.1, 0.15) is 5.51 Å². The minimum atomic E-state index is -0.303. The van der Waals surface area contributed by atoms with E-state index in [2.05, 4.69) is 25.7 Å². The first-order valence-corrected chi connectivity index (χ1v) is 8.00. The minimum absolute atomic E-state index is 0.303. The molecule has 24 heavy (non-hydrogen) atoms. The topological polar surface area (TPSA) is 93.8 Å². The molecule has 0 spiro atoms. The maximum absolute atomic E-state index is 12.7. The van der Waals surface area contributed by atoms with E-state index in [0.29, 0.717) is 33.2 Å². The van der Waals surface area contributed by atoms with E-state index >= 15 is 0 Å². The van der Waals surface area contributed by atoms with Crippen LogP contribution in [0.15, 0.2) is 46.4 Å². The standard InChI is InChI=1S/C16H11N5O2S/c1-9-13-11(14(22)19-16-20-17-8-24-16)7-12(18-15(13)23-21-9)10-5-3-2-4-6-10/h2-8H,1H3,(H,19,20,22). The molecule has 8 heteroatoms. The van der Waals surface area contributed by atoms with E-state index < -0.39 is 0 Å². The van der Waals surface area contributed by atoms with E-state index in [9.17, 15) is 4.79 Å². The zero-order valence-corrected chi connectivity index (χ0v) is 13.4. The molecule has 0 aliphatic heterocycles. The van der Waals surface area contributed by atoms with E-state index in [1.807, 2.05) is 30.3 Å². The number of hydrogen-bond acceptors (Lipinski definition) is 7. The van der Waals surface area contributed by atoms with E-state index in [1.54, 1.807) is 18.5 Å². The van der Waals surface area contributed by atoms with Crippen molar-refractivity contribution >= 4 is 33.5 Å². The van der Waals surface area contributed by atoms with Crippen molar-refractivity contribution in [3.05, 3.63) is 53.2 Å². The number of anilines is 1. The van der Waals surface area contributed by atoms with Gasteiger partial charge in [-0.2, -0.15) is 0 Å². The van der Waals surface area contributed by atoms with Crippen molar-refractivity contribution in [3.8, 4) is 11.3 Å². The summed E-state index contributed by atoms with van der Waals surface area (Å²) >= 11 is 1.25. The first-order chi connectivity index (χ1) is 11.7. The molecule has 1 amide bonds. The molecule has 0 aliphatic rings. The normalized spacial score (nSPS) is 10.9. The number of fused-ring (bicyclic) bond motifs is 1. The molecule has 0 aliphatic carbocycles. The maximum Gasteiger partial charge on any atom is 0.259 e. The Morgan fingerprint density at radius 1 is 1.25 bits per heavy atom. The molecule has 0 bridgehead atoms. The van der Waals surface area contributed by atoms with Crippen molar-refractivity contribution in [2.45, 2.75) is 6.92 Å². The number of amides is 1. The highest BCUT2D eigenvalue weighted by molar-refractivity contribution is 7.13. The van der Waals surface area contributed by atoms with Crippen LogP contribution in [0.5, 0.6) is 0 Å². The van der Waals surface area contributed by atoms with Gasteiger partial charge in [-0.25, -0.2) is 4.98 Å². The summed E-state index contributed by atoms with van der Waals surface area (Å²) in [4.78, 5) is 17.2. The zero-order valence-electron chi connectivity index (χ0n) is 12.6. The Labute approximate surface area is 140 Å². The summed E-state index contributed by atoms with van der Waals surface area (Å²) in [7, 11) is 0. The molecular weight excluding hydrogens is 326 g/mol. The van der Waals surface area contributed by atoms with Crippen LogP contribution >= 0.6 is 11.3 Å². The molecule has 7 nitrogen and oxygen atoms in total. The van der Waals surface area contributed by atoms with Gasteiger partial charge in [0.15, 0.2) is 0 Å². The number of carbonyl (C=O) groups excluding carboxylic acids is 1. The van der Waals surface area contributed by atoms with Crippen molar-refractivity contribution in [3.63, 3.8) is 0 Å². The molecule has 0 saturated heterocycles. The second kappa shape index (κ2) is 5.82. The molecule has 0 saturated carbocycles. The molecule has 1 N–H and O–H groups in total. The molecule has 4 aromatic rings. The van der Waals surface area contributed by atoms with Crippen LogP contribution in [-0.2, 0) is 0 Å². The lowest BCUT2D eigenvalue weighted by atomic mass is 10.1. The van der Waals surface area contributed by atoms with Crippen LogP contribution in [0, 0.1) is 6.92 Å². The third-order valence-corrected chi connectivity index (χ3v) is 4.12. The largest absolute Gasteiger partial charge is 0.335 e. The number of nitrogens with zero attached hydrogens (tertiary/aromatic N) is 4. The minimum Gasteiger partial charge on any atom is -0.335 e. The number of rotatable bonds is 3. The first-order valence-electron chi connectivity index (χ1n) is 7.12. The lowest BCUT2D eigenvalue weighted by Crippen LogP contribution is -2.13. The molecule has 0 radical (unpaired) electrons. The van der Waals surface area contributed by atoms with E-state index in [0.717, 1.165) is 5.56 Å². The summed E-state index contributed by atoms with van der Waals surface area (Å²) in [5.74, 6) is -0.303. The van der Waals surface area contributed by atoms with Crippen molar-refractivity contribution in [2.75, 3.05) is 5.32 Å². The third kappa shape index (κ3) is 2.52. The second-order valence-corrected chi connectivity index (χ2v) is 5.90. The van der Waals surface area contributed by atoms with E-state index in [-0.39, 0.29) is 5.91 Å². The number of aromatic nitrogens is 4. The summed E-state index contributed by atoms with van der Waals surface area (Å²) in [5, 5.41) is 15.2. The number of pyridine rings is 1. The SMILES string of the molecule is Cc1noc2nc(-c3ccccc3)cc(C(=O)Nc3nncs3)c12. The fourth-order valence-corrected chi connectivity index (χ4v) is 2.86. The smallest absolute Gasteiger partial charge is 0.259 e. The quantitative estimate of drug-likeness (QED) is 0.616. The molecular formula is C16H11N5O2S. The van der Waals surface area contributed by atoms with Gasteiger partial charge in [0.2, 0.25) is 5.13 Å². The van der Waals surface area contributed by atoms with E-state index in [1.165, 1.54) is 11.3 Å². The highest BCUT2D eigenvalue weighted by Crippen LogP contribution is 2.27. The van der Waals surface area contributed by atoms with Crippen molar-refractivity contribution in [1.29, 1.82) is 0 Å². The molecule has 0 fully saturated rings. The predicted octanol–water partition coefficient (Wildman–Crippen LogP) is 3.30. The summed E-state index contributed by atoms with van der Waals surface area (Å²) in [6.07, 6.45) is 0. The fraction of sp³-hybridized carbons (Fsp3) is 0.0625. The van der Waals surface area contributed by atoms with Crippen LogP contribution in [0.2, 0.25) is 0 Å². The van der Waals surface area contributed by atoms with Crippen LogP contribution in [0.1, 0.15) is 16.1 Å². The number of hydrogen-bond donors (Lipinski definition) is 1. The molecule has 3 aromatic heterocycles. The van der Waals surface area contributed by atoms with Gasteiger partial charge in [-0.15, -0.1) is 10.2 Å². The Morgan fingerprint density at radius 3 is 2.83 bits per heavy atom. The monoisotopic (exact) mass is 337 g/mol. The Balaban J connectivity index is 1.86. The third-order valence-electron chi connectivity index (χ3n) is 3.51. The molecule has 4 rings (SSSR count). The van der Waals surface area contributed by atoms with E-state index in [4.69, 9.17) is 4.52 Å². The van der Waals surface area contributed by atoms with Crippen LogP contribution in [0.25, 0.3) is 22.4 Å². The highest BCUT2D eigenvalue weighted by atomic mass is 32.1. The molecule has 3 heterocycles. The van der Waals surface area contributed by atoms with Gasteiger partial charge in [0.05, 0.1) is 22.3 Å². The molecule has 0 atom stereocenters. The molecule has 0 unspecified atom stereocenters. The van der Waals surface area contributed by atoms with Gasteiger partial charge in [-0.05, 0) is 13.0 Å². The van der Waals surface area contributed by atoms with Crippen molar-refractivity contribution in [1.82, 2.24) is 20.3 Å². The van der Waals surface area contributed by atoms with Crippen LogP contribution in [-0.4, -0.2) is 26.2 Å². The lowest BCUT2D eigenvalue weighted by Gasteiger charge is -2.06. The highest BCUT2D eigenvalue weighted by Gasteiger charge is 2.20. The Kier molecular flexibility index (Phi) is 3.51. The first kappa shape index (κ1) is 14.5. The van der Waals surface area contributed by atoms with Gasteiger partial charge in [0.25, 0.3) is 11.6 Å². The molecule has 1 aromatic carbocycles. The van der Waals surface area contributed by atoms with Crippen LogP contribution in [0.4, 0.5) is 5.13 Å². The van der Waals surface area contributed by atoms with Gasteiger partial charge >= 0.3 is 0 Å². The van der Waals surface area contributed by atoms with Gasteiger partial charge in [-0.1, -0.05) is 46.8 Å². The average Bonchev–Trinajstić information content (AvgIpc) is 3.25. The Morgan fingerprint density at radius 2 is 2.08 bits per heavy atom. The number of benzene rings is 1. The van der Waals surface area contributed by atoms with Gasteiger partial charge in [-0.3, -0.25) is 10.1 Å². The summed E-state index contributed by atoms with van der Waals surface area (Å²) in [5.41, 5.74) is 4.46. The summed E-state index contributed by atoms with van der Waals surface area (Å²) in [6.45, 7) is 1.78. The number of nitrogens with one attached hydrogen (secondary N) is 1. The second-order valence-electron chi connectivity index (χ2n) is 5.07. The maximum atomic E-state index is 12.7. The Bertz CT molecular complexity index is 1010. The van der Waals surface area contributed by atoms with Gasteiger partial charge in [0, 0.05) is 5.56 Å². The summed E-state index contributed by atoms with van der Waals surface area (Å²) < 4.78 is 5.27. The Hall–Kier alpha value is -3.13. The van der Waals surface area contributed by atoms with Gasteiger partial charge < -0.3 is 4.52 Å². The van der Waals surface area contributed by atoms with Crippen LogP contribution in [0.3, 0.4) is 0 Å². The molecule has 118 valence electrons. The average molecular weight is 337 g/mol. The lowest BCUT2D eigenvalue weighted by molar-refractivity contribution is 0.102. The predicted molar refractivity (Wildman–Crippen MR) is 89.8 cm³/mol. The summed E-state index contributed by atoms with van der Waals surface area (Å²) in [6, 6.07) is 11.3. The zero-order chi connectivity index (χ0) is 16.5. The number of aryl methyl sites for hydroxylation is 1. The number of carbonyl (C=O) groups is 1. The van der Waals surface area contributed by atoms with Crippen LogP contribution < -0.4 is 5.32 Å².